The molecule has 0 bridgehead atoms. The Hall–Kier alpha value is -1.08. The normalized spacial score (nSPS) is 10.8. The predicted molar refractivity (Wildman–Crippen MR) is 171 cm³/mol. The Morgan fingerprint density at radius 1 is 0.583 bits per heavy atom. The van der Waals surface area contributed by atoms with E-state index >= 15 is 0 Å². The highest BCUT2D eigenvalue weighted by Gasteiger charge is 2.07. The van der Waals surface area contributed by atoms with Gasteiger partial charge in [0.1, 0.15) is 8.64 Å². The van der Waals surface area contributed by atoms with E-state index in [1.54, 1.807) is 23.5 Å². The summed E-state index contributed by atoms with van der Waals surface area (Å²) < 4.78 is 1.77. The molecule has 0 aromatic heterocycles. The van der Waals surface area contributed by atoms with Gasteiger partial charge in [-0.25, -0.2) is 0 Å². The number of thioether (sulfide) groups is 2. The molecule has 0 aliphatic carbocycles. The first-order valence-corrected chi connectivity index (χ1v) is 16.2. The lowest BCUT2D eigenvalue weighted by Crippen LogP contribution is -2.20. The van der Waals surface area contributed by atoms with Crippen LogP contribution in [0.4, 0.5) is 0 Å². The van der Waals surface area contributed by atoms with E-state index in [-0.39, 0.29) is 0 Å². The monoisotopic (exact) mass is 560 g/mol. The molecule has 0 aliphatic heterocycles. The van der Waals surface area contributed by atoms with Gasteiger partial charge in [-0.3, -0.25) is 0 Å². The van der Waals surface area contributed by atoms with E-state index in [1.807, 2.05) is 0 Å². The summed E-state index contributed by atoms with van der Waals surface area (Å²) in [5, 5.41) is 6.88. The third-order valence-corrected chi connectivity index (χ3v) is 8.78. The van der Waals surface area contributed by atoms with Crippen molar-refractivity contribution in [1.29, 1.82) is 0 Å². The van der Waals surface area contributed by atoms with Gasteiger partial charge in [-0.2, -0.15) is 0 Å². The molecule has 198 valence electrons. The fraction of sp³-hybridized carbons (Fsp3) is 0.533. The maximum Gasteiger partial charge on any atom is 0.138 e. The van der Waals surface area contributed by atoms with Crippen molar-refractivity contribution >= 4 is 56.6 Å². The molecule has 2 rings (SSSR count). The average molecular weight is 561 g/mol. The van der Waals surface area contributed by atoms with Crippen LogP contribution in [0.25, 0.3) is 0 Å². The molecule has 2 nitrogen and oxygen atoms in total. The summed E-state index contributed by atoms with van der Waals surface area (Å²) >= 11 is 14.6. The number of hydrogen-bond donors (Lipinski definition) is 2. The van der Waals surface area contributed by atoms with Gasteiger partial charge in [-0.15, -0.1) is 0 Å². The van der Waals surface area contributed by atoms with Gasteiger partial charge in [-0.1, -0.05) is 137 Å². The largest absolute Gasteiger partial charge is 0.371 e. The molecular formula is C30H44N2S4. The molecule has 2 N–H and O–H groups in total. The Bertz CT molecular complexity index is 827. The van der Waals surface area contributed by atoms with Gasteiger partial charge >= 0.3 is 0 Å². The highest BCUT2D eigenvalue weighted by molar-refractivity contribution is 8.23. The second-order valence-corrected chi connectivity index (χ2v) is 12.6. The zero-order chi connectivity index (χ0) is 25.8. The summed E-state index contributed by atoms with van der Waals surface area (Å²) in [6.45, 7) is 6.39. The maximum atomic E-state index is 5.60. The lowest BCUT2D eigenvalue weighted by Gasteiger charge is -2.12. The molecule has 0 heterocycles. The second kappa shape index (κ2) is 20.0. The van der Waals surface area contributed by atoms with Crippen LogP contribution in [0.15, 0.2) is 58.3 Å². The molecule has 2 aromatic rings. The summed E-state index contributed by atoms with van der Waals surface area (Å²) in [6.07, 6.45) is 14.6. The minimum atomic E-state index is 0.886. The van der Waals surface area contributed by atoms with Crippen molar-refractivity contribution in [2.75, 3.05) is 13.1 Å². The molecule has 0 saturated carbocycles. The SMILES string of the molecule is CCCCCc1ccccc1SC(=S)NCCCCCCNC(=S)Sc1ccccc1CCCCC. The van der Waals surface area contributed by atoms with Crippen LogP contribution in [0.3, 0.4) is 0 Å². The van der Waals surface area contributed by atoms with Crippen molar-refractivity contribution in [2.45, 2.75) is 101 Å². The van der Waals surface area contributed by atoms with Gasteiger partial charge in [0, 0.05) is 22.9 Å². The topological polar surface area (TPSA) is 24.1 Å². The van der Waals surface area contributed by atoms with Crippen LogP contribution in [-0.4, -0.2) is 21.7 Å². The number of unbranched alkanes of at least 4 members (excludes halogenated alkanes) is 7. The summed E-state index contributed by atoms with van der Waals surface area (Å²) in [5.41, 5.74) is 2.84. The summed E-state index contributed by atoms with van der Waals surface area (Å²) in [6, 6.07) is 17.4. The number of aryl methyl sites for hydroxylation is 2. The van der Waals surface area contributed by atoms with Crippen LogP contribution >= 0.6 is 48.0 Å². The standard InChI is InChI=1S/C30H44N2S4/c1-3-5-9-17-25-19-11-13-21-27(25)35-29(33)31-23-15-7-8-16-24-32-30(34)36-28-22-14-12-20-26(28)18-10-6-4-2/h11-14,19-22H,3-10,15-18,23-24H2,1-2H3,(H,31,33)(H,32,34). The molecule has 0 saturated heterocycles. The molecule has 0 aliphatic rings. The number of nitrogens with one attached hydrogen (secondary N) is 2. The molecule has 0 atom stereocenters. The third kappa shape index (κ3) is 13.5. The molecule has 6 heteroatoms. The van der Waals surface area contributed by atoms with Crippen LogP contribution in [-0.2, 0) is 12.8 Å². The average Bonchev–Trinajstić information content (AvgIpc) is 2.88. The van der Waals surface area contributed by atoms with Crippen molar-refractivity contribution < 1.29 is 0 Å². The van der Waals surface area contributed by atoms with E-state index in [2.05, 4.69) is 73.0 Å². The fourth-order valence-electron chi connectivity index (χ4n) is 4.01. The summed E-state index contributed by atoms with van der Waals surface area (Å²) in [4.78, 5) is 2.60. The van der Waals surface area contributed by atoms with Crippen LogP contribution in [0.2, 0.25) is 0 Å². The fourth-order valence-corrected chi connectivity index (χ4v) is 6.39. The van der Waals surface area contributed by atoms with Crippen LogP contribution in [0.5, 0.6) is 0 Å². The molecule has 0 unspecified atom stereocenters. The van der Waals surface area contributed by atoms with Crippen molar-refractivity contribution in [1.82, 2.24) is 10.6 Å². The minimum absolute atomic E-state index is 0.886. The van der Waals surface area contributed by atoms with Gasteiger partial charge in [0.2, 0.25) is 0 Å². The first-order valence-electron chi connectivity index (χ1n) is 13.7. The maximum absolute atomic E-state index is 5.60. The smallest absolute Gasteiger partial charge is 0.138 e. The molecular weight excluding hydrogens is 517 g/mol. The number of hydrogen-bond acceptors (Lipinski definition) is 4. The number of benzene rings is 2. The first-order chi connectivity index (χ1) is 17.6. The quantitative estimate of drug-likeness (QED) is 0.114. The van der Waals surface area contributed by atoms with E-state index in [0.29, 0.717) is 0 Å². The highest BCUT2D eigenvalue weighted by atomic mass is 32.2. The Kier molecular flexibility index (Phi) is 17.3. The Balaban J connectivity index is 1.55. The van der Waals surface area contributed by atoms with E-state index < -0.39 is 0 Å². The molecule has 0 fully saturated rings. The van der Waals surface area contributed by atoms with Crippen LogP contribution < -0.4 is 10.6 Å². The second-order valence-electron chi connectivity index (χ2n) is 9.18. The molecule has 0 amide bonds. The highest BCUT2D eigenvalue weighted by Crippen LogP contribution is 2.26. The first kappa shape index (κ1) is 31.1. The van der Waals surface area contributed by atoms with Crippen molar-refractivity contribution in [3.05, 3.63) is 59.7 Å². The predicted octanol–water partition coefficient (Wildman–Crippen LogP) is 9.35. The van der Waals surface area contributed by atoms with Gasteiger partial charge in [0.05, 0.1) is 0 Å². The Morgan fingerprint density at radius 3 is 1.42 bits per heavy atom. The number of rotatable bonds is 17. The van der Waals surface area contributed by atoms with Gasteiger partial charge in [0.25, 0.3) is 0 Å². The third-order valence-electron chi connectivity index (χ3n) is 6.09. The number of thiocarbonyl (C=S) groups is 2. The van der Waals surface area contributed by atoms with Gasteiger partial charge < -0.3 is 10.6 Å². The van der Waals surface area contributed by atoms with Gasteiger partial charge in [0.15, 0.2) is 0 Å². The van der Waals surface area contributed by atoms with Crippen molar-refractivity contribution in [3.8, 4) is 0 Å². The zero-order valence-corrected chi connectivity index (χ0v) is 25.4. The van der Waals surface area contributed by atoms with Gasteiger partial charge in [-0.05, 0) is 61.8 Å². The van der Waals surface area contributed by atoms with Crippen molar-refractivity contribution in [3.63, 3.8) is 0 Å². The lowest BCUT2D eigenvalue weighted by molar-refractivity contribution is 0.628. The lowest BCUT2D eigenvalue weighted by atomic mass is 10.1. The van der Waals surface area contributed by atoms with E-state index in [9.17, 15) is 0 Å². The van der Waals surface area contributed by atoms with E-state index in [1.165, 1.54) is 72.3 Å². The molecule has 0 spiro atoms. The van der Waals surface area contributed by atoms with E-state index in [4.69, 9.17) is 24.4 Å². The van der Waals surface area contributed by atoms with E-state index in [0.717, 1.165) is 47.4 Å². The molecule has 0 radical (unpaired) electrons. The Labute approximate surface area is 239 Å². The van der Waals surface area contributed by atoms with Crippen molar-refractivity contribution in [2.24, 2.45) is 0 Å². The minimum Gasteiger partial charge on any atom is -0.371 e. The summed E-state index contributed by atoms with van der Waals surface area (Å²) in [7, 11) is 0. The molecule has 2 aromatic carbocycles. The zero-order valence-electron chi connectivity index (χ0n) is 22.2. The Morgan fingerprint density at radius 2 is 1.00 bits per heavy atom. The summed E-state index contributed by atoms with van der Waals surface area (Å²) in [5.74, 6) is 0. The van der Waals surface area contributed by atoms with Crippen LogP contribution in [0.1, 0.15) is 89.2 Å². The van der Waals surface area contributed by atoms with Crippen LogP contribution in [0, 0.1) is 0 Å². The molecule has 36 heavy (non-hydrogen) atoms.